The molecule has 0 saturated carbocycles. The number of hydrogen-bond acceptors (Lipinski definition) is 6. The number of aromatic nitrogens is 2. The van der Waals surface area contributed by atoms with Crippen molar-refractivity contribution in [1.29, 1.82) is 5.26 Å². The molecule has 1 aromatic heterocycles. The van der Waals surface area contributed by atoms with Gasteiger partial charge in [-0.25, -0.2) is 9.97 Å². The number of rotatable bonds is 5. The molecule has 2 heterocycles. The summed E-state index contributed by atoms with van der Waals surface area (Å²) >= 11 is 0. The van der Waals surface area contributed by atoms with Crippen molar-refractivity contribution in [3.05, 3.63) is 47.8 Å². The van der Waals surface area contributed by atoms with Crippen molar-refractivity contribution < 1.29 is 5.11 Å². The van der Waals surface area contributed by atoms with Gasteiger partial charge in [0.25, 0.3) is 0 Å². The molecular formula is C18H21N5O. The highest BCUT2D eigenvalue weighted by Gasteiger charge is 2.25. The zero-order valence-electron chi connectivity index (χ0n) is 13.8. The highest BCUT2D eigenvalue weighted by atomic mass is 16.3. The number of nitriles is 1. The van der Waals surface area contributed by atoms with Gasteiger partial charge in [-0.15, -0.1) is 0 Å². The predicted octanol–water partition coefficient (Wildman–Crippen LogP) is 1.95. The van der Waals surface area contributed by atoms with Gasteiger partial charge in [-0.3, -0.25) is 0 Å². The van der Waals surface area contributed by atoms with E-state index in [9.17, 15) is 5.11 Å². The Morgan fingerprint density at radius 2 is 2.25 bits per heavy atom. The second-order valence-electron chi connectivity index (χ2n) is 6.07. The van der Waals surface area contributed by atoms with Crippen LogP contribution >= 0.6 is 0 Å². The van der Waals surface area contributed by atoms with E-state index in [1.54, 1.807) is 12.4 Å². The molecule has 1 atom stereocenters. The van der Waals surface area contributed by atoms with Gasteiger partial charge in [0, 0.05) is 26.2 Å². The van der Waals surface area contributed by atoms with Gasteiger partial charge in [0.1, 0.15) is 18.0 Å². The van der Waals surface area contributed by atoms with Crippen molar-refractivity contribution in [3.8, 4) is 6.07 Å². The fourth-order valence-electron chi connectivity index (χ4n) is 3.12. The maximum absolute atomic E-state index is 9.50. The van der Waals surface area contributed by atoms with Crippen LogP contribution in [-0.2, 0) is 6.54 Å². The molecule has 0 aliphatic carbocycles. The van der Waals surface area contributed by atoms with E-state index in [2.05, 4.69) is 20.9 Å². The summed E-state index contributed by atoms with van der Waals surface area (Å²) in [5, 5.41) is 18.5. The van der Waals surface area contributed by atoms with Crippen molar-refractivity contribution in [1.82, 2.24) is 9.97 Å². The first kappa shape index (κ1) is 16.2. The van der Waals surface area contributed by atoms with Crippen LogP contribution in [0.1, 0.15) is 24.0 Å². The summed E-state index contributed by atoms with van der Waals surface area (Å²) in [6.07, 6.45) is 3.63. The first-order valence-electron chi connectivity index (χ1n) is 8.11. The summed E-state index contributed by atoms with van der Waals surface area (Å²) in [6, 6.07) is 11.9. The largest absolute Gasteiger partial charge is 0.394 e. The van der Waals surface area contributed by atoms with Crippen LogP contribution in [0, 0.1) is 11.3 Å². The normalized spacial score (nSPS) is 16.9. The van der Waals surface area contributed by atoms with Crippen molar-refractivity contribution >= 4 is 11.6 Å². The summed E-state index contributed by atoms with van der Waals surface area (Å²) in [7, 11) is 1.97. The van der Waals surface area contributed by atoms with E-state index >= 15 is 0 Å². The Morgan fingerprint density at radius 1 is 1.38 bits per heavy atom. The number of nitrogens with zero attached hydrogens (tertiary/aromatic N) is 5. The van der Waals surface area contributed by atoms with Gasteiger partial charge < -0.3 is 14.9 Å². The predicted molar refractivity (Wildman–Crippen MR) is 92.7 cm³/mol. The first-order chi connectivity index (χ1) is 11.7. The lowest BCUT2D eigenvalue weighted by molar-refractivity contribution is 0.266. The van der Waals surface area contributed by atoms with E-state index in [-0.39, 0.29) is 12.6 Å². The number of anilines is 2. The van der Waals surface area contributed by atoms with Crippen molar-refractivity contribution in [2.45, 2.75) is 25.4 Å². The lowest BCUT2D eigenvalue weighted by atomic mass is 10.1. The summed E-state index contributed by atoms with van der Waals surface area (Å²) < 4.78 is 0. The average molecular weight is 323 g/mol. The third-order valence-corrected chi connectivity index (χ3v) is 4.39. The molecule has 1 fully saturated rings. The molecule has 0 bridgehead atoms. The van der Waals surface area contributed by atoms with Gasteiger partial charge in [-0.05, 0) is 30.5 Å². The number of aliphatic hydroxyl groups is 1. The van der Waals surface area contributed by atoms with Gasteiger partial charge in [0.15, 0.2) is 0 Å². The Bertz CT molecular complexity index is 742. The summed E-state index contributed by atoms with van der Waals surface area (Å²) in [5.41, 5.74) is 1.72. The van der Waals surface area contributed by atoms with E-state index in [0.717, 1.165) is 36.6 Å². The van der Waals surface area contributed by atoms with E-state index in [1.165, 1.54) is 0 Å². The van der Waals surface area contributed by atoms with E-state index in [4.69, 9.17) is 5.26 Å². The van der Waals surface area contributed by atoms with Crippen LogP contribution in [0.15, 0.2) is 36.7 Å². The minimum atomic E-state index is 0.144. The zero-order chi connectivity index (χ0) is 16.9. The molecule has 6 nitrogen and oxygen atoms in total. The molecule has 1 saturated heterocycles. The molecule has 1 aliphatic rings. The summed E-state index contributed by atoms with van der Waals surface area (Å²) in [6.45, 7) is 1.72. The quantitative estimate of drug-likeness (QED) is 0.906. The fraction of sp³-hybridized carbons (Fsp3) is 0.389. The summed E-state index contributed by atoms with van der Waals surface area (Å²) in [5.74, 6) is 1.68. The van der Waals surface area contributed by atoms with E-state index in [1.807, 2.05) is 36.2 Å². The SMILES string of the molecule is CN(Cc1cccc(C#N)c1)c1cc(N2CCC[C@H]2CO)ncn1. The maximum Gasteiger partial charge on any atom is 0.134 e. The lowest BCUT2D eigenvalue weighted by Crippen LogP contribution is -2.33. The second-order valence-corrected chi connectivity index (χ2v) is 6.07. The van der Waals surface area contributed by atoms with Gasteiger partial charge in [0.2, 0.25) is 0 Å². The lowest BCUT2D eigenvalue weighted by Gasteiger charge is -2.25. The molecule has 124 valence electrons. The third kappa shape index (κ3) is 3.47. The van der Waals surface area contributed by atoms with Crippen LogP contribution in [0.4, 0.5) is 11.6 Å². The first-order valence-corrected chi connectivity index (χ1v) is 8.11. The van der Waals surface area contributed by atoms with Gasteiger partial charge in [-0.1, -0.05) is 12.1 Å². The van der Waals surface area contributed by atoms with Crippen molar-refractivity contribution in [2.24, 2.45) is 0 Å². The van der Waals surface area contributed by atoms with Crippen LogP contribution in [0.3, 0.4) is 0 Å². The smallest absolute Gasteiger partial charge is 0.134 e. The molecule has 0 radical (unpaired) electrons. The molecule has 2 aromatic rings. The minimum absolute atomic E-state index is 0.144. The van der Waals surface area contributed by atoms with Crippen molar-refractivity contribution in [3.63, 3.8) is 0 Å². The molecule has 3 rings (SSSR count). The molecule has 1 N–H and O–H groups in total. The Balaban J connectivity index is 1.77. The molecule has 1 aliphatic heterocycles. The van der Waals surface area contributed by atoms with Crippen LogP contribution in [-0.4, -0.2) is 41.3 Å². The van der Waals surface area contributed by atoms with Crippen LogP contribution in [0.25, 0.3) is 0 Å². The number of benzene rings is 1. The van der Waals surface area contributed by atoms with Crippen LogP contribution < -0.4 is 9.80 Å². The summed E-state index contributed by atoms with van der Waals surface area (Å²) in [4.78, 5) is 12.9. The molecule has 1 aromatic carbocycles. The maximum atomic E-state index is 9.50. The number of hydrogen-bond donors (Lipinski definition) is 1. The molecule has 6 heteroatoms. The van der Waals surface area contributed by atoms with Gasteiger partial charge >= 0.3 is 0 Å². The third-order valence-electron chi connectivity index (χ3n) is 4.39. The molecule has 0 amide bonds. The second kappa shape index (κ2) is 7.28. The molecule has 0 unspecified atom stereocenters. The Hall–Kier alpha value is -2.65. The Kier molecular flexibility index (Phi) is 4.92. The number of aliphatic hydroxyl groups excluding tert-OH is 1. The minimum Gasteiger partial charge on any atom is -0.394 e. The standard InChI is InChI=1S/C18H21N5O/c1-22(11-15-5-2-4-14(8-15)10-19)17-9-18(21-13-20-17)23-7-3-6-16(23)12-24/h2,4-5,8-9,13,16,24H,3,6-7,11-12H2,1H3/t16-/m0/s1. The van der Waals surface area contributed by atoms with Crippen LogP contribution in [0.5, 0.6) is 0 Å². The molecular weight excluding hydrogens is 302 g/mol. The monoisotopic (exact) mass is 323 g/mol. The van der Waals surface area contributed by atoms with E-state index in [0.29, 0.717) is 12.1 Å². The Morgan fingerprint density at radius 3 is 3.04 bits per heavy atom. The molecule has 24 heavy (non-hydrogen) atoms. The highest BCUT2D eigenvalue weighted by Crippen LogP contribution is 2.25. The van der Waals surface area contributed by atoms with Crippen molar-refractivity contribution in [2.75, 3.05) is 30.0 Å². The average Bonchev–Trinajstić information content (AvgIpc) is 3.10. The zero-order valence-corrected chi connectivity index (χ0v) is 13.8. The van der Waals surface area contributed by atoms with E-state index < -0.39 is 0 Å². The van der Waals surface area contributed by atoms with Crippen LogP contribution in [0.2, 0.25) is 0 Å². The van der Waals surface area contributed by atoms with Gasteiger partial charge in [-0.2, -0.15) is 5.26 Å². The van der Waals surface area contributed by atoms with Gasteiger partial charge in [0.05, 0.1) is 24.3 Å². The Labute approximate surface area is 142 Å². The fourth-order valence-corrected chi connectivity index (χ4v) is 3.12. The molecule has 0 spiro atoms. The topological polar surface area (TPSA) is 76.3 Å². The highest BCUT2D eigenvalue weighted by molar-refractivity contribution is 5.51.